The molecule has 5 nitrogen and oxygen atoms in total. The van der Waals surface area contributed by atoms with E-state index in [1.54, 1.807) is 18.3 Å². The molecule has 1 atom stereocenters. The predicted octanol–water partition coefficient (Wildman–Crippen LogP) is 0.588. The van der Waals surface area contributed by atoms with Crippen LogP contribution in [-0.4, -0.2) is 69.7 Å². The summed E-state index contributed by atoms with van der Waals surface area (Å²) in [5.74, 6) is 0.502. The molecular weight excluding hydrogens is 262 g/mol. The molecule has 114 valence electrons. The van der Waals surface area contributed by atoms with Gasteiger partial charge in [0.1, 0.15) is 0 Å². The molecule has 0 saturated carbocycles. The fraction of sp³-hybridized carbons (Fsp3) is 1.00. The Morgan fingerprint density at radius 2 is 1.95 bits per heavy atom. The van der Waals surface area contributed by atoms with Gasteiger partial charge in [0, 0.05) is 20.1 Å². The minimum absolute atomic E-state index is 0.358. The van der Waals surface area contributed by atoms with E-state index in [0.29, 0.717) is 19.0 Å². The number of rotatable bonds is 7. The van der Waals surface area contributed by atoms with Gasteiger partial charge in [-0.3, -0.25) is 0 Å². The Labute approximate surface area is 118 Å². The van der Waals surface area contributed by atoms with Crippen molar-refractivity contribution in [2.75, 3.05) is 46.8 Å². The van der Waals surface area contributed by atoms with E-state index in [9.17, 15) is 8.42 Å². The van der Waals surface area contributed by atoms with Gasteiger partial charge in [-0.1, -0.05) is 6.92 Å². The molecule has 0 bridgehead atoms. The zero-order valence-electron chi connectivity index (χ0n) is 12.7. The van der Waals surface area contributed by atoms with Gasteiger partial charge in [0.25, 0.3) is 0 Å². The molecule has 19 heavy (non-hydrogen) atoms. The first kappa shape index (κ1) is 16.9. The Morgan fingerprint density at radius 1 is 1.37 bits per heavy atom. The van der Waals surface area contributed by atoms with E-state index in [0.717, 1.165) is 32.5 Å². The van der Waals surface area contributed by atoms with Crippen molar-refractivity contribution in [3.8, 4) is 0 Å². The van der Waals surface area contributed by atoms with Crippen LogP contribution in [0, 0.1) is 5.92 Å². The lowest BCUT2D eigenvalue weighted by Gasteiger charge is -2.32. The van der Waals surface area contributed by atoms with E-state index in [2.05, 4.69) is 17.3 Å². The molecule has 0 spiro atoms. The maximum Gasteiger partial charge on any atom is 0.217 e. The quantitative estimate of drug-likeness (QED) is 0.746. The first-order valence-electron chi connectivity index (χ1n) is 7.22. The van der Waals surface area contributed by atoms with Gasteiger partial charge < -0.3 is 10.2 Å². The minimum atomic E-state index is -3.17. The first-order valence-corrected chi connectivity index (χ1v) is 8.72. The third kappa shape index (κ3) is 5.02. The molecule has 0 aromatic rings. The van der Waals surface area contributed by atoms with Crippen molar-refractivity contribution >= 4 is 10.0 Å². The predicted molar refractivity (Wildman–Crippen MR) is 79.8 cm³/mol. The summed E-state index contributed by atoms with van der Waals surface area (Å²) in [6.45, 7) is 7.91. The van der Waals surface area contributed by atoms with Gasteiger partial charge in [0.2, 0.25) is 10.0 Å². The van der Waals surface area contributed by atoms with Crippen LogP contribution in [0.4, 0.5) is 0 Å². The molecule has 6 heteroatoms. The van der Waals surface area contributed by atoms with E-state index in [1.807, 2.05) is 6.92 Å². The summed E-state index contributed by atoms with van der Waals surface area (Å²) in [4.78, 5) is 2.30. The van der Waals surface area contributed by atoms with Crippen molar-refractivity contribution in [2.24, 2.45) is 5.92 Å². The molecule has 1 rings (SSSR count). The Morgan fingerprint density at radius 3 is 2.47 bits per heavy atom. The van der Waals surface area contributed by atoms with E-state index in [-0.39, 0.29) is 5.25 Å². The Hall–Kier alpha value is -0.170. The smallest absolute Gasteiger partial charge is 0.217 e. The van der Waals surface area contributed by atoms with Gasteiger partial charge >= 0.3 is 0 Å². The van der Waals surface area contributed by atoms with Crippen LogP contribution in [-0.2, 0) is 10.0 Å². The summed E-state index contributed by atoms with van der Waals surface area (Å²) < 4.78 is 26.3. The average molecular weight is 291 g/mol. The van der Waals surface area contributed by atoms with Crippen LogP contribution in [0.25, 0.3) is 0 Å². The van der Waals surface area contributed by atoms with Crippen LogP contribution >= 0.6 is 0 Å². The molecule has 1 aliphatic rings. The molecule has 0 aromatic carbocycles. The number of hydrogen-bond acceptors (Lipinski definition) is 4. The average Bonchev–Trinajstić information content (AvgIpc) is 2.38. The maximum atomic E-state index is 12.3. The number of nitrogens with zero attached hydrogens (tertiary/aromatic N) is 2. The molecule has 1 fully saturated rings. The van der Waals surface area contributed by atoms with Crippen LogP contribution in [0.2, 0.25) is 0 Å². The van der Waals surface area contributed by atoms with Crippen LogP contribution in [0.1, 0.15) is 26.7 Å². The van der Waals surface area contributed by atoms with E-state index < -0.39 is 10.0 Å². The highest BCUT2D eigenvalue weighted by molar-refractivity contribution is 7.89. The fourth-order valence-electron chi connectivity index (χ4n) is 2.47. The number of sulfonamides is 1. The molecule has 0 amide bonds. The molecule has 1 N–H and O–H groups in total. The minimum Gasteiger partial charge on any atom is -0.316 e. The summed E-state index contributed by atoms with van der Waals surface area (Å²) in [6.07, 6.45) is 2.19. The lowest BCUT2D eigenvalue weighted by molar-refractivity contribution is 0.202. The summed E-state index contributed by atoms with van der Waals surface area (Å²) >= 11 is 0. The van der Waals surface area contributed by atoms with Crippen molar-refractivity contribution in [3.63, 3.8) is 0 Å². The third-order valence-electron chi connectivity index (χ3n) is 3.98. The summed E-state index contributed by atoms with van der Waals surface area (Å²) in [5.41, 5.74) is 0. The lowest BCUT2D eigenvalue weighted by Crippen LogP contribution is -2.43. The molecule has 1 aliphatic heterocycles. The van der Waals surface area contributed by atoms with E-state index in [1.165, 1.54) is 0 Å². The molecule has 0 radical (unpaired) electrons. The van der Waals surface area contributed by atoms with Crippen molar-refractivity contribution in [3.05, 3.63) is 0 Å². The van der Waals surface area contributed by atoms with Gasteiger partial charge in [-0.15, -0.1) is 0 Å². The molecule has 0 aliphatic carbocycles. The number of hydrogen-bond donors (Lipinski definition) is 1. The summed E-state index contributed by atoms with van der Waals surface area (Å²) in [5, 5.41) is 2.75. The Kier molecular flexibility index (Phi) is 6.73. The van der Waals surface area contributed by atoms with Crippen LogP contribution in [0.3, 0.4) is 0 Å². The van der Waals surface area contributed by atoms with E-state index in [4.69, 9.17) is 0 Å². The molecular formula is C13H29N3O2S. The van der Waals surface area contributed by atoms with Gasteiger partial charge in [-0.05, 0) is 52.4 Å². The van der Waals surface area contributed by atoms with Crippen molar-refractivity contribution in [1.29, 1.82) is 0 Å². The van der Waals surface area contributed by atoms with Crippen LogP contribution < -0.4 is 5.32 Å². The molecule has 0 aromatic heterocycles. The highest BCUT2D eigenvalue weighted by atomic mass is 32.2. The normalized spacial score (nSPS) is 20.9. The molecule has 1 unspecified atom stereocenters. The fourth-order valence-corrected chi connectivity index (χ4v) is 3.83. The molecule has 1 saturated heterocycles. The van der Waals surface area contributed by atoms with Crippen LogP contribution in [0.5, 0.6) is 0 Å². The lowest BCUT2D eigenvalue weighted by atomic mass is 9.97. The Balaban J connectivity index is 2.49. The topological polar surface area (TPSA) is 52.7 Å². The van der Waals surface area contributed by atoms with Crippen molar-refractivity contribution in [1.82, 2.24) is 14.5 Å². The summed E-state index contributed by atoms with van der Waals surface area (Å²) in [6, 6.07) is 0. The largest absolute Gasteiger partial charge is 0.316 e. The number of piperidine rings is 1. The monoisotopic (exact) mass is 291 g/mol. The van der Waals surface area contributed by atoms with E-state index >= 15 is 0 Å². The zero-order valence-corrected chi connectivity index (χ0v) is 13.5. The van der Waals surface area contributed by atoms with Crippen LogP contribution in [0.15, 0.2) is 0 Å². The second-order valence-corrected chi connectivity index (χ2v) is 8.15. The van der Waals surface area contributed by atoms with Crippen molar-refractivity contribution in [2.45, 2.75) is 31.9 Å². The zero-order chi connectivity index (χ0) is 14.5. The Bertz CT molecular complexity index is 351. The second-order valence-electron chi connectivity index (χ2n) is 5.69. The second kappa shape index (κ2) is 7.57. The summed E-state index contributed by atoms with van der Waals surface area (Å²) in [7, 11) is 0.672. The SMILES string of the molecule is CCNCC(C)S(=O)(=O)N(C)CC1CCN(C)CC1. The van der Waals surface area contributed by atoms with Gasteiger partial charge in [0.05, 0.1) is 5.25 Å². The highest BCUT2D eigenvalue weighted by Crippen LogP contribution is 2.19. The van der Waals surface area contributed by atoms with Gasteiger partial charge in [0.15, 0.2) is 0 Å². The number of likely N-dealkylation sites (tertiary alicyclic amines) is 1. The van der Waals surface area contributed by atoms with Gasteiger partial charge in [-0.2, -0.15) is 0 Å². The molecule has 1 heterocycles. The van der Waals surface area contributed by atoms with Gasteiger partial charge in [-0.25, -0.2) is 12.7 Å². The standard InChI is InChI=1S/C13H29N3O2S/c1-5-14-10-12(2)19(17,18)16(4)11-13-6-8-15(3)9-7-13/h12-14H,5-11H2,1-4H3. The third-order valence-corrected chi connectivity index (χ3v) is 6.18. The first-order chi connectivity index (χ1) is 8.87. The van der Waals surface area contributed by atoms with Crippen molar-refractivity contribution < 1.29 is 8.42 Å². The number of nitrogens with one attached hydrogen (secondary N) is 1. The maximum absolute atomic E-state index is 12.3. The highest BCUT2D eigenvalue weighted by Gasteiger charge is 2.28.